The Morgan fingerprint density at radius 2 is 2.00 bits per heavy atom. The van der Waals surface area contributed by atoms with E-state index in [-0.39, 0.29) is 6.42 Å². The number of barbiturate groups is 1. The SMILES string of the molecule is CN1C(=O)NC(=O)[C@]2(Cc3cc(C(F)(F)F)ccc3N3CCSC[C@@H]32)C1=O. The summed E-state index contributed by atoms with van der Waals surface area (Å²) >= 11 is 1.58. The molecule has 1 spiro atoms. The van der Waals surface area contributed by atoms with Crippen molar-refractivity contribution in [1.82, 2.24) is 10.2 Å². The van der Waals surface area contributed by atoms with E-state index in [1.54, 1.807) is 11.8 Å². The number of carbonyl (C=O) groups excluding carboxylic acids is 3. The fraction of sp³-hybridized carbons (Fsp3) is 0.471. The molecule has 0 radical (unpaired) electrons. The van der Waals surface area contributed by atoms with Crippen molar-refractivity contribution in [1.29, 1.82) is 0 Å². The van der Waals surface area contributed by atoms with E-state index < -0.39 is 41.0 Å². The standard InChI is InChI=1S/C17H16F3N3O3S/c1-22-14(25)16(13(24)21-15(22)26)7-9-6-10(17(18,19)20)2-3-11(9)23-4-5-27-8-12(16)23/h2-3,6,12H,4-5,7-8H2,1H3,(H,21,24,26)/t12-,16-/m1/s1. The number of fused-ring (bicyclic) bond motifs is 4. The van der Waals surface area contributed by atoms with Crippen LogP contribution in [0.25, 0.3) is 0 Å². The summed E-state index contributed by atoms with van der Waals surface area (Å²) in [5.74, 6) is -0.202. The topological polar surface area (TPSA) is 69.7 Å². The zero-order valence-electron chi connectivity index (χ0n) is 14.3. The summed E-state index contributed by atoms with van der Waals surface area (Å²) in [4.78, 5) is 40.4. The summed E-state index contributed by atoms with van der Waals surface area (Å²) in [7, 11) is 1.27. The number of benzene rings is 1. The highest BCUT2D eigenvalue weighted by Gasteiger charge is 2.61. The average molecular weight is 399 g/mol. The molecule has 27 heavy (non-hydrogen) atoms. The molecule has 1 aromatic rings. The number of halogens is 3. The molecule has 10 heteroatoms. The van der Waals surface area contributed by atoms with E-state index in [0.717, 1.165) is 22.8 Å². The minimum Gasteiger partial charge on any atom is -0.365 e. The Labute approximate surface area is 157 Å². The number of imide groups is 2. The first-order valence-electron chi connectivity index (χ1n) is 8.34. The van der Waals surface area contributed by atoms with E-state index in [9.17, 15) is 27.6 Å². The Hall–Kier alpha value is -2.23. The van der Waals surface area contributed by atoms with Gasteiger partial charge in [-0.1, -0.05) is 0 Å². The van der Waals surface area contributed by atoms with Gasteiger partial charge in [-0.2, -0.15) is 24.9 Å². The van der Waals surface area contributed by atoms with Crippen LogP contribution in [0.5, 0.6) is 0 Å². The van der Waals surface area contributed by atoms with Gasteiger partial charge in [-0.3, -0.25) is 19.8 Å². The minimum atomic E-state index is -4.53. The summed E-state index contributed by atoms with van der Waals surface area (Å²) in [6, 6.07) is 2.10. The van der Waals surface area contributed by atoms with Crippen LogP contribution in [0.2, 0.25) is 0 Å². The molecule has 2 fully saturated rings. The number of anilines is 1. The van der Waals surface area contributed by atoms with E-state index in [1.807, 2.05) is 4.90 Å². The fourth-order valence-electron chi connectivity index (χ4n) is 4.13. The molecular weight excluding hydrogens is 383 g/mol. The lowest BCUT2D eigenvalue weighted by molar-refractivity contribution is -0.152. The second-order valence-electron chi connectivity index (χ2n) is 6.90. The Balaban J connectivity index is 1.89. The number of amides is 4. The summed E-state index contributed by atoms with van der Waals surface area (Å²) in [6.45, 7) is 0.508. The molecule has 144 valence electrons. The number of alkyl halides is 3. The van der Waals surface area contributed by atoms with Gasteiger partial charge in [0.1, 0.15) is 0 Å². The maximum atomic E-state index is 13.2. The van der Waals surface area contributed by atoms with Crippen LogP contribution in [-0.2, 0) is 22.2 Å². The quantitative estimate of drug-likeness (QED) is 0.675. The summed E-state index contributed by atoms with van der Waals surface area (Å²) in [6.07, 6.45) is -4.70. The molecule has 0 aliphatic carbocycles. The fourth-order valence-corrected chi connectivity index (χ4v) is 5.31. The molecule has 1 aromatic carbocycles. The van der Waals surface area contributed by atoms with Crippen molar-refractivity contribution in [3.63, 3.8) is 0 Å². The number of thioether (sulfide) groups is 1. The lowest BCUT2D eigenvalue weighted by Crippen LogP contribution is -2.72. The van der Waals surface area contributed by atoms with E-state index in [2.05, 4.69) is 5.32 Å². The van der Waals surface area contributed by atoms with Crippen molar-refractivity contribution < 1.29 is 27.6 Å². The molecule has 4 amide bonds. The third kappa shape index (κ3) is 2.53. The number of carbonyl (C=O) groups is 3. The first kappa shape index (κ1) is 18.1. The lowest BCUT2D eigenvalue weighted by Gasteiger charge is -2.53. The molecule has 3 aliphatic heterocycles. The van der Waals surface area contributed by atoms with E-state index in [0.29, 0.717) is 23.5 Å². The van der Waals surface area contributed by atoms with Crippen LogP contribution in [0.4, 0.5) is 23.7 Å². The van der Waals surface area contributed by atoms with E-state index in [4.69, 9.17) is 0 Å². The van der Waals surface area contributed by atoms with Gasteiger partial charge in [0, 0.05) is 30.8 Å². The molecule has 0 bridgehead atoms. The Morgan fingerprint density at radius 3 is 2.70 bits per heavy atom. The zero-order valence-corrected chi connectivity index (χ0v) is 15.1. The van der Waals surface area contributed by atoms with Crippen LogP contribution in [0, 0.1) is 5.41 Å². The van der Waals surface area contributed by atoms with Crippen molar-refractivity contribution in [2.75, 3.05) is 30.0 Å². The molecule has 4 rings (SSSR count). The van der Waals surface area contributed by atoms with Gasteiger partial charge in [0.2, 0.25) is 11.8 Å². The Morgan fingerprint density at radius 1 is 1.26 bits per heavy atom. The monoisotopic (exact) mass is 399 g/mol. The molecular formula is C17H16F3N3O3S. The molecule has 1 N–H and O–H groups in total. The highest BCUT2D eigenvalue weighted by molar-refractivity contribution is 7.99. The number of nitrogens with one attached hydrogen (secondary N) is 1. The smallest absolute Gasteiger partial charge is 0.365 e. The molecule has 3 heterocycles. The van der Waals surface area contributed by atoms with Gasteiger partial charge >= 0.3 is 12.2 Å². The highest BCUT2D eigenvalue weighted by atomic mass is 32.2. The van der Waals surface area contributed by atoms with Crippen LogP contribution < -0.4 is 10.2 Å². The van der Waals surface area contributed by atoms with Crippen molar-refractivity contribution in [2.45, 2.75) is 18.6 Å². The van der Waals surface area contributed by atoms with Crippen LogP contribution in [0.3, 0.4) is 0 Å². The van der Waals surface area contributed by atoms with Crippen LogP contribution in [0.15, 0.2) is 18.2 Å². The van der Waals surface area contributed by atoms with Crippen LogP contribution in [-0.4, -0.2) is 53.9 Å². The van der Waals surface area contributed by atoms with Gasteiger partial charge in [0.05, 0.1) is 11.6 Å². The van der Waals surface area contributed by atoms with Crippen molar-refractivity contribution in [3.05, 3.63) is 29.3 Å². The van der Waals surface area contributed by atoms with Gasteiger partial charge < -0.3 is 4.90 Å². The molecule has 2 saturated heterocycles. The number of nitrogens with zero attached hydrogens (tertiary/aromatic N) is 2. The van der Waals surface area contributed by atoms with Gasteiger partial charge in [-0.15, -0.1) is 0 Å². The maximum Gasteiger partial charge on any atom is 0.416 e. The average Bonchev–Trinajstić information content (AvgIpc) is 2.63. The normalized spacial score (nSPS) is 28.1. The first-order valence-corrected chi connectivity index (χ1v) is 9.50. The third-order valence-electron chi connectivity index (χ3n) is 5.50. The summed E-state index contributed by atoms with van der Waals surface area (Å²) in [5, 5.41) is 2.20. The van der Waals surface area contributed by atoms with Crippen LogP contribution >= 0.6 is 11.8 Å². The largest absolute Gasteiger partial charge is 0.416 e. The second-order valence-corrected chi connectivity index (χ2v) is 8.05. The number of hydrogen-bond acceptors (Lipinski definition) is 5. The second kappa shape index (κ2) is 5.88. The molecule has 6 nitrogen and oxygen atoms in total. The predicted molar refractivity (Wildman–Crippen MR) is 92.3 cm³/mol. The summed E-state index contributed by atoms with van der Waals surface area (Å²) in [5.41, 5.74) is -1.54. The van der Waals surface area contributed by atoms with Gasteiger partial charge in [0.25, 0.3) is 0 Å². The Kier molecular flexibility index (Phi) is 3.95. The lowest BCUT2D eigenvalue weighted by atomic mass is 9.69. The molecule has 0 unspecified atom stereocenters. The van der Waals surface area contributed by atoms with E-state index >= 15 is 0 Å². The third-order valence-corrected chi connectivity index (χ3v) is 6.52. The molecule has 0 aromatic heterocycles. The van der Waals surface area contributed by atoms with Gasteiger partial charge in [-0.05, 0) is 30.2 Å². The van der Waals surface area contributed by atoms with E-state index in [1.165, 1.54) is 13.1 Å². The summed E-state index contributed by atoms with van der Waals surface area (Å²) < 4.78 is 39.5. The molecule has 2 atom stereocenters. The molecule has 3 aliphatic rings. The zero-order chi connectivity index (χ0) is 19.6. The predicted octanol–water partition coefficient (Wildman–Crippen LogP) is 1.88. The van der Waals surface area contributed by atoms with Crippen molar-refractivity contribution in [3.8, 4) is 0 Å². The van der Waals surface area contributed by atoms with Gasteiger partial charge in [0.15, 0.2) is 5.41 Å². The highest BCUT2D eigenvalue weighted by Crippen LogP contribution is 2.47. The number of rotatable bonds is 0. The molecule has 0 saturated carbocycles. The van der Waals surface area contributed by atoms with Crippen molar-refractivity contribution in [2.24, 2.45) is 5.41 Å². The van der Waals surface area contributed by atoms with Crippen molar-refractivity contribution >= 4 is 35.3 Å². The minimum absolute atomic E-state index is 0.170. The van der Waals surface area contributed by atoms with Crippen LogP contribution in [0.1, 0.15) is 11.1 Å². The Bertz CT molecular complexity index is 860. The first-order chi connectivity index (χ1) is 12.7. The maximum absolute atomic E-state index is 13.2. The number of hydrogen-bond donors (Lipinski definition) is 1. The number of urea groups is 1. The van der Waals surface area contributed by atoms with Gasteiger partial charge in [-0.25, -0.2) is 4.79 Å².